The first-order valence-electron chi connectivity index (χ1n) is 10.5. The summed E-state index contributed by atoms with van der Waals surface area (Å²) in [5.74, 6) is -0.194. The van der Waals surface area contributed by atoms with Gasteiger partial charge in [0.25, 0.3) is 5.91 Å². The molecule has 32 heavy (non-hydrogen) atoms. The van der Waals surface area contributed by atoms with Crippen molar-refractivity contribution in [3.63, 3.8) is 0 Å². The number of fused-ring (bicyclic) bond motifs is 1. The molecule has 162 valence electrons. The molecule has 0 aliphatic heterocycles. The summed E-state index contributed by atoms with van der Waals surface area (Å²) in [6.45, 7) is 6.11. The lowest BCUT2D eigenvalue weighted by molar-refractivity contribution is 0.102. The highest BCUT2D eigenvalue weighted by molar-refractivity contribution is 6.42. The summed E-state index contributed by atoms with van der Waals surface area (Å²) < 4.78 is 0. The molecule has 1 amide bonds. The Kier molecular flexibility index (Phi) is 6.63. The molecule has 0 atom stereocenters. The van der Waals surface area contributed by atoms with E-state index in [1.807, 2.05) is 54.6 Å². The van der Waals surface area contributed by atoms with Crippen LogP contribution in [0, 0.1) is 0 Å². The van der Waals surface area contributed by atoms with Gasteiger partial charge in [-0.3, -0.25) is 4.79 Å². The van der Waals surface area contributed by atoms with Gasteiger partial charge < -0.3 is 10.2 Å². The number of hydrogen-bond acceptors (Lipinski definition) is 3. The third-order valence-corrected chi connectivity index (χ3v) is 6.17. The minimum Gasteiger partial charge on any atom is -0.372 e. The number of rotatable bonds is 6. The molecule has 0 aliphatic rings. The second-order valence-corrected chi connectivity index (χ2v) is 8.19. The highest BCUT2D eigenvalue weighted by Crippen LogP contribution is 2.30. The van der Waals surface area contributed by atoms with E-state index in [9.17, 15) is 4.79 Å². The number of hydrogen-bond donors (Lipinski definition) is 1. The quantitative estimate of drug-likeness (QED) is 0.326. The molecule has 1 aromatic heterocycles. The number of carbonyl (C=O) groups excluding carboxylic acids is 1. The molecule has 6 heteroatoms. The van der Waals surface area contributed by atoms with Crippen LogP contribution in [0.4, 0.5) is 11.4 Å². The molecule has 1 heterocycles. The molecule has 4 rings (SSSR count). The highest BCUT2D eigenvalue weighted by Gasteiger charge is 2.15. The Morgan fingerprint density at radius 1 is 0.906 bits per heavy atom. The predicted molar refractivity (Wildman–Crippen MR) is 135 cm³/mol. The summed E-state index contributed by atoms with van der Waals surface area (Å²) in [4.78, 5) is 20.3. The SMILES string of the molecule is CCN(CC)c1ccc(NC(=O)c2cc(-c3ccc(Cl)c(Cl)c3)nc3ccccc23)cc1. The monoisotopic (exact) mass is 463 g/mol. The van der Waals surface area contributed by atoms with Gasteiger partial charge in [-0.15, -0.1) is 0 Å². The maximum absolute atomic E-state index is 13.3. The standard InChI is InChI=1S/C26H23Cl2N3O/c1-3-31(4-2)19-12-10-18(11-13-19)29-26(32)21-16-25(17-9-14-22(27)23(28)15-17)30-24-8-6-5-7-20(21)24/h5-16H,3-4H2,1-2H3,(H,29,32). The van der Waals surface area contributed by atoms with Gasteiger partial charge in [-0.25, -0.2) is 4.98 Å². The molecule has 1 N–H and O–H groups in total. The zero-order chi connectivity index (χ0) is 22.7. The van der Waals surface area contributed by atoms with Gasteiger partial charge in [-0.05, 0) is 62.4 Å². The van der Waals surface area contributed by atoms with Crippen molar-refractivity contribution in [1.82, 2.24) is 4.98 Å². The van der Waals surface area contributed by atoms with E-state index >= 15 is 0 Å². The van der Waals surface area contributed by atoms with Crippen LogP contribution in [0.3, 0.4) is 0 Å². The molecule has 0 spiro atoms. The van der Waals surface area contributed by atoms with Crippen molar-refractivity contribution in [3.8, 4) is 11.3 Å². The van der Waals surface area contributed by atoms with Crippen molar-refractivity contribution < 1.29 is 4.79 Å². The van der Waals surface area contributed by atoms with E-state index in [1.165, 1.54) is 0 Å². The first-order valence-corrected chi connectivity index (χ1v) is 11.3. The van der Waals surface area contributed by atoms with Crippen LogP contribution in [-0.2, 0) is 0 Å². The third-order valence-electron chi connectivity index (χ3n) is 5.43. The topological polar surface area (TPSA) is 45.2 Å². The lowest BCUT2D eigenvalue weighted by Crippen LogP contribution is -2.21. The van der Waals surface area contributed by atoms with Crippen LogP contribution in [-0.4, -0.2) is 24.0 Å². The fraction of sp³-hybridized carbons (Fsp3) is 0.154. The van der Waals surface area contributed by atoms with Crippen molar-refractivity contribution in [1.29, 1.82) is 0 Å². The van der Waals surface area contributed by atoms with Crippen molar-refractivity contribution in [2.75, 3.05) is 23.3 Å². The molecule has 0 saturated carbocycles. The molecular weight excluding hydrogens is 441 g/mol. The Hall–Kier alpha value is -3.08. The van der Waals surface area contributed by atoms with Crippen molar-refractivity contribution in [3.05, 3.63) is 88.4 Å². The van der Waals surface area contributed by atoms with Gasteiger partial charge in [0.05, 0.1) is 26.8 Å². The molecule has 0 bridgehead atoms. The fourth-order valence-corrected chi connectivity index (χ4v) is 4.01. The van der Waals surface area contributed by atoms with Crippen LogP contribution in [0.5, 0.6) is 0 Å². The summed E-state index contributed by atoms with van der Waals surface area (Å²) in [6.07, 6.45) is 0. The van der Waals surface area contributed by atoms with Gasteiger partial charge >= 0.3 is 0 Å². The van der Waals surface area contributed by atoms with E-state index < -0.39 is 0 Å². The molecule has 0 radical (unpaired) electrons. The van der Waals surface area contributed by atoms with Crippen LogP contribution >= 0.6 is 23.2 Å². The summed E-state index contributed by atoms with van der Waals surface area (Å²) in [6, 6.07) is 22.6. The molecule has 0 fully saturated rings. The van der Waals surface area contributed by atoms with Crippen molar-refractivity contribution >= 4 is 51.4 Å². The summed E-state index contributed by atoms with van der Waals surface area (Å²) in [5.41, 5.74) is 4.60. The molecule has 4 nitrogen and oxygen atoms in total. The normalized spacial score (nSPS) is 10.9. The lowest BCUT2D eigenvalue weighted by Gasteiger charge is -2.21. The Morgan fingerprint density at radius 2 is 1.62 bits per heavy atom. The van der Waals surface area contributed by atoms with Crippen LogP contribution in [0.15, 0.2) is 72.8 Å². The van der Waals surface area contributed by atoms with Crippen LogP contribution in [0.2, 0.25) is 10.0 Å². The van der Waals surface area contributed by atoms with E-state index in [0.717, 1.165) is 40.9 Å². The van der Waals surface area contributed by atoms with Crippen LogP contribution in [0.1, 0.15) is 24.2 Å². The number of carbonyl (C=O) groups is 1. The van der Waals surface area contributed by atoms with Crippen LogP contribution < -0.4 is 10.2 Å². The largest absolute Gasteiger partial charge is 0.372 e. The first kappa shape index (κ1) is 22.1. The number of halogens is 2. The average Bonchev–Trinajstić information content (AvgIpc) is 2.82. The van der Waals surface area contributed by atoms with Gasteiger partial charge in [0.2, 0.25) is 0 Å². The number of nitrogens with zero attached hydrogens (tertiary/aromatic N) is 2. The number of anilines is 2. The molecule has 0 aliphatic carbocycles. The van der Waals surface area contributed by atoms with E-state index in [2.05, 4.69) is 24.1 Å². The Labute approximate surface area is 197 Å². The minimum atomic E-state index is -0.194. The number of para-hydroxylation sites is 1. The number of pyridine rings is 1. The Bertz CT molecular complexity index is 1270. The predicted octanol–water partition coefficient (Wildman–Crippen LogP) is 7.31. The number of benzene rings is 3. The first-order chi connectivity index (χ1) is 15.5. The summed E-state index contributed by atoms with van der Waals surface area (Å²) in [7, 11) is 0. The summed E-state index contributed by atoms with van der Waals surface area (Å²) in [5, 5.41) is 4.72. The Balaban J connectivity index is 1.69. The zero-order valence-electron chi connectivity index (χ0n) is 17.9. The second-order valence-electron chi connectivity index (χ2n) is 7.37. The molecule has 0 saturated heterocycles. The van der Waals surface area contributed by atoms with Gasteiger partial charge in [-0.2, -0.15) is 0 Å². The highest BCUT2D eigenvalue weighted by atomic mass is 35.5. The van der Waals surface area contributed by atoms with E-state index in [-0.39, 0.29) is 5.91 Å². The Morgan fingerprint density at radius 3 is 2.31 bits per heavy atom. The number of amides is 1. The van der Waals surface area contributed by atoms with E-state index in [1.54, 1.807) is 18.2 Å². The maximum atomic E-state index is 13.3. The number of nitrogens with one attached hydrogen (secondary N) is 1. The lowest BCUT2D eigenvalue weighted by atomic mass is 10.0. The van der Waals surface area contributed by atoms with Gasteiger partial charge in [0.1, 0.15) is 0 Å². The zero-order valence-corrected chi connectivity index (χ0v) is 19.4. The molecular formula is C26H23Cl2N3O. The number of aromatic nitrogens is 1. The van der Waals surface area contributed by atoms with Gasteiger partial charge in [-0.1, -0.05) is 47.5 Å². The van der Waals surface area contributed by atoms with Crippen molar-refractivity contribution in [2.45, 2.75) is 13.8 Å². The molecule has 3 aromatic carbocycles. The minimum absolute atomic E-state index is 0.194. The fourth-order valence-electron chi connectivity index (χ4n) is 3.71. The van der Waals surface area contributed by atoms with Crippen LogP contribution in [0.25, 0.3) is 22.2 Å². The average molecular weight is 464 g/mol. The maximum Gasteiger partial charge on any atom is 0.256 e. The second kappa shape index (κ2) is 9.60. The molecule has 4 aromatic rings. The smallest absolute Gasteiger partial charge is 0.256 e. The van der Waals surface area contributed by atoms with E-state index in [0.29, 0.717) is 21.3 Å². The molecule has 0 unspecified atom stereocenters. The van der Waals surface area contributed by atoms with Gasteiger partial charge in [0.15, 0.2) is 0 Å². The van der Waals surface area contributed by atoms with E-state index in [4.69, 9.17) is 28.2 Å². The van der Waals surface area contributed by atoms with Crippen molar-refractivity contribution in [2.24, 2.45) is 0 Å². The van der Waals surface area contributed by atoms with Gasteiger partial charge in [0, 0.05) is 35.4 Å². The third kappa shape index (κ3) is 4.57. The summed E-state index contributed by atoms with van der Waals surface area (Å²) >= 11 is 12.3.